The molecule has 0 fully saturated rings. The lowest BCUT2D eigenvalue weighted by Gasteiger charge is -2.25. The first-order valence-corrected chi connectivity index (χ1v) is 11.5. The van der Waals surface area contributed by atoms with Gasteiger partial charge in [-0.2, -0.15) is 0 Å². The van der Waals surface area contributed by atoms with E-state index < -0.39 is 17.3 Å². The third kappa shape index (κ3) is 4.35. The van der Waals surface area contributed by atoms with Gasteiger partial charge in [-0.15, -0.1) is 10.2 Å². The molecule has 10 heteroatoms. The fourth-order valence-electron chi connectivity index (χ4n) is 3.78. The number of esters is 1. The number of thioether (sulfide) groups is 1. The van der Waals surface area contributed by atoms with Gasteiger partial charge in [0.15, 0.2) is 34.4 Å². The molecule has 0 spiro atoms. The zero-order chi connectivity index (χ0) is 23.7. The van der Waals surface area contributed by atoms with Gasteiger partial charge in [-0.1, -0.05) is 23.9 Å². The van der Waals surface area contributed by atoms with Gasteiger partial charge in [-0.05, 0) is 45.4 Å². The fraction of sp³-hybridized carbons (Fsp3) is 0.391. The van der Waals surface area contributed by atoms with Crippen LogP contribution >= 0.6 is 11.8 Å². The third-order valence-corrected chi connectivity index (χ3v) is 6.61. The lowest BCUT2D eigenvalue weighted by atomic mass is 10.1. The van der Waals surface area contributed by atoms with E-state index in [0.717, 1.165) is 0 Å². The van der Waals surface area contributed by atoms with Gasteiger partial charge in [0.25, 0.3) is 0 Å². The van der Waals surface area contributed by atoms with Crippen molar-refractivity contribution in [2.75, 3.05) is 13.2 Å². The first-order chi connectivity index (χ1) is 15.8. The van der Waals surface area contributed by atoms with Crippen LogP contribution < -0.4 is 9.47 Å². The molecule has 2 atom stereocenters. The summed E-state index contributed by atoms with van der Waals surface area (Å²) in [4.78, 5) is 28.5. The SMILES string of the molecule is CCOC(=O)c1c(C)[nH]c(C(=O)C(C)Sc2nnc(C3COc4ccccc4O3)n2C)c1C. The molecule has 1 aliphatic rings. The summed E-state index contributed by atoms with van der Waals surface area (Å²) in [6, 6.07) is 7.47. The number of carbonyl (C=O) groups is 2. The highest BCUT2D eigenvalue weighted by atomic mass is 32.2. The van der Waals surface area contributed by atoms with Crippen molar-refractivity contribution in [1.29, 1.82) is 0 Å². The highest BCUT2D eigenvalue weighted by Crippen LogP contribution is 2.36. The molecule has 1 N–H and O–H groups in total. The van der Waals surface area contributed by atoms with Crippen LogP contribution in [-0.2, 0) is 11.8 Å². The van der Waals surface area contributed by atoms with Gasteiger partial charge in [0.2, 0.25) is 0 Å². The normalized spacial score (nSPS) is 15.8. The van der Waals surface area contributed by atoms with Crippen molar-refractivity contribution in [3.8, 4) is 11.5 Å². The first-order valence-electron chi connectivity index (χ1n) is 10.7. The second kappa shape index (κ2) is 9.30. The Morgan fingerprint density at radius 2 is 2.00 bits per heavy atom. The number of hydrogen-bond donors (Lipinski definition) is 1. The Morgan fingerprint density at radius 3 is 2.73 bits per heavy atom. The fourth-order valence-corrected chi connectivity index (χ4v) is 4.66. The van der Waals surface area contributed by atoms with Crippen LogP contribution in [0.25, 0.3) is 0 Å². The Labute approximate surface area is 195 Å². The van der Waals surface area contributed by atoms with Crippen molar-refractivity contribution in [3.63, 3.8) is 0 Å². The maximum absolute atomic E-state index is 13.2. The number of benzene rings is 1. The van der Waals surface area contributed by atoms with Gasteiger partial charge >= 0.3 is 5.97 Å². The van der Waals surface area contributed by atoms with Crippen LogP contribution in [0.15, 0.2) is 29.4 Å². The largest absolute Gasteiger partial charge is 0.485 e. The molecule has 0 bridgehead atoms. The molecule has 0 saturated carbocycles. The number of para-hydroxylation sites is 2. The molecule has 2 unspecified atom stereocenters. The summed E-state index contributed by atoms with van der Waals surface area (Å²) in [7, 11) is 1.83. The number of fused-ring (bicyclic) bond motifs is 1. The van der Waals surface area contributed by atoms with Crippen molar-refractivity contribution in [3.05, 3.63) is 52.6 Å². The number of carbonyl (C=O) groups excluding carboxylic acids is 2. The smallest absolute Gasteiger partial charge is 0.340 e. The minimum Gasteiger partial charge on any atom is -0.485 e. The number of ketones is 1. The molecule has 3 aromatic rings. The number of rotatable bonds is 7. The van der Waals surface area contributed by atoms with Crippen molar-refractivity contribution < 1.29 is 23.8 Å². The summed E-state index contributed by atoms with van der Waals surface area (Å²) in [5.41, 5.74) is 2.02. The highest BCUT2D eigenvalue weighted by Gasteiger charge is 2.30. The minimum atomic E-state index is -0.461. The summed E-state index contributed by atoms with van der Waals surface area (Å²) in [6.45, 7) is 7.65. The van der Waals surface area contributed by atoms with E-state index in [9.17, 15) is 9.59 Å². The Hall–Kier alpha value is -3.27. The number of nitrogens with one attached hydrogen (secondary N) is 1. The Kier molecular flexibility index (Phi) is 6.46. The van der Waals surface area contributed by atoms with Crippen LogP contribution in [0, 0.1) is 13.8 Å². The lowest BCUT2D eigenvalue weighted by molar-refractivity contribution is 0.0525. The summed E-state index contributed by atoms with van der Waals surface area (Å²) in [6.07, 6.45) is -0.404. The monoisotopic (exact) mass is 470 g/mol. The van der Waals surface area contributed by atoms with Gasteiger partial charge in [-0.3, -0.25) is 4.79 Å². The Bertz CT molecular complexity index is 1200. The molecule has 0 amide bonds. The summed E-state index contributed by atoms with van der Waals surface area (Å²) < 4.78 is 18.8. The van der Waals surface area contributed by atoms with Crippen LogP contribution in [0.1, 0.15) is 57.9 Å². The average Bonchev–Trinajstić information content (AvgIpc) is 3.31. The molecule has 174 valence electrons. The minimum absolute atomic E-state index is 0.133. The van der Waals surface area contributed by atoms with E-state index in [1.54, 1.807) is 27.7 Å². The topological polar surface area (TPSA) is 108 Å². The number of Topliss-reactive ketones (excluding diaryl/α,β-unsaturated/α-hetero) is 1. The van der Waals surface area contributed by atoms with E-state index >= 15 is 0 Å². The standard InChI is InChI=1S/C23H26N4O5S/c1-6-30-22(29)18-12(2)19(24-13(18)3)20(28)14(4)33-23-26-25-21(27(23)5)17-11-31-15-9-7-8-10-16(15)32-17/h7-10,14,17,24H,6,11H2,1-5H3. The lowest BCUT2D eigenvalue weighted by Crippen LogP contribution is -2.24. The van der Waals surface area contributed by atoms with Gasteiger partial charge in [-0.25, -0.2) is 4.79 Å². The molecular formula is C23H26N4O5S. The van der Waals surface area contributed by atoms with E-state index in [4.69, 9.17) is 14.2 Å². The van der Waals surface area contributed by atoms with Crippen LogP contribution in [0.3, 0.4) is 0 Å². The quantitative estimate of drug-likeness (QED) is 0.315. The Morgan fingerprint density at radius 1 is 1.27 bits per heavy atom. The maximum atomic E-state index is 13.2. The molecule has 4 rings (SSSR count). The van der Waals surface area contributed by atoms with Crippen molar-refractivity contribution in [2.45, 2.75) is 44.2 Å². The van der Waals surface area contributed by atoms with Crippen molar-refractivity contribution in [2.24, 2.45) is 7.05 Å². The first kappa shape index (κ1) is 22.9. The Balaban J connectivity index is 1.49. The predicted octanol–water partition coefficient (Wildman–Crippen LogP) is 3.81. The predicted molar refractivity (Wildman–Crippen MR) is 122 cm³/mol. The summed E-state index contributed by atoms with van der Waals surface area (Å²) >= 11 is 1.29. The van der Waals surface area contributed by atoms with E-state index in [1.165, 1.54) is 11.8 Å². The molecule has 9 nitrogen and oxygen atoms in total. The van der Waals surface area contributed by atoms with Gasteiger partial charge in [0.1, 0.15) is 6.61 Å². The van der Waals surface area contributed by atoms with Crippen molar-refractivity contribution >= 4 is 23.5 Å². The van der Waals surface area contributed by atoms with E-state index in [1.807, 2.05) is 35.9 Å². The summed E-state index contributed by atoms with van der Waals surface area (Å²) in [5.74, 6) is 1.40. The van der Waals surface area contributed by atoms with Crippen molar-refractivity contribution in [1.82, 2.24) is 19.7 Å². The number of nitrogens with zero attached hydrogens (tertiary/aromatic N) is 3. The molecule has 0 saturated heterocycles. The van der Waals surface area contributed by atoms with Gasteiger partial charge < -0.3 is 23.8 Å². The van der Waals surface area contributed by atoms with Crippen LogP contribution in [0.2, 0.25) is 0 Å². The molecule has 1 aromatic carbocycles. The molecule has 0 aliphatic carbocycles. The van der Waals surface area contributed by atoms with Gasteiger partial charge in [0.05, 0.1) is 23.1 Å². The maximum Gasteiger partial charge on any atom is 0.340 e. The second-order valence-electron chi connectivity index (χ2n) is 7.73. The molecular weight excluding hydrogens is 444 g/mol. The third-order valence-electron chi connectivity index (χ3n) is 5.48. The number of ether oxygens (including phenoxy) is 3. The number of hydrogen-bond acceptors (Lipinski definition) is 8. The van der Waals surface area contributed by atoms with Crippen LogP contribution in [0.4, 0.5) is 0 Å². The average molecular weight is 471 g/mol. The highest BCUT2D eigenvalue weighted by molar-refractivity contribution is 8.00. The van der Waals surface area contributed by atoms with Crippen LogP contribution in [-0.4, -0.2) is 50.0 Å². The molecule has 2 aromatic heterocycles. The number of aryl methyl sites for hydroxylation is 1. The van der Waals surface area contributed by atoms with E-state index in [2.05, 4.69) is 15.2 Å². The summed E-state index contributed by atoms with van der Waals surface area (Å²) in [5, 5.41) is 8.67. The molecule has 33 heavy (non-hydrogen) atoms. The zero-order valence-electron chi connectivity index (χ0n) is 19.2. The molecule has 3 heterocycles. The number of aromatic amines is 1. The number of aromatic nitrogens is 4. The second-order valence-corrected chi connectivity index (χ2v) is 9.04. The van der Waals surface area contributed by atoms with E-state index in [0.29, 0.717) is 51.6 Å². The number of H-pyrrole nitrogens is 1. The molecule has 0 radical (unpaired) electrons. The molecule has 1 aliphatic heterocycles. The zero-order valence-corrected chi connectivity index (χ0v) is 20.0. The van der Waals surface area contributed by atoms with E-state index in [-0.39, 0.29) is 12.4 Å². The van der Waals surface area contributed by atoms with Gasteiger partial charge in [0, 0.05) is 12.7 Å². The van der Waals surface area contributed by atoms with Crippen LogP contribution in [0.5, 0.6) is 11.5 Å².